The number of hydrogen-bond donors (Lipinski definition) is 1. The van der Waals surface area contributed by atoms with Crippen molar-refractivity contribution in [2.45, 2.75) is 13.5 Å². The van der Waals surface area contributed by atoms with Gasteiger partial charge in [-0.15, -0.1) is 16.4 Å². The Hall–Kier alpha value is -2.22. The molecule has 0 aliphatic rings. The van der Waals surface area contributed by atoms with Crippen LogP contribution in [0.15, 0.2) is 29.7 Å². The van der Waals surface area contributed by atoms with Crippen LogP contribution in [0.2, 0.25) is 0 Å². The van der Waals surface area contributed by atoms with Crippen LogP contribution in [0.4, 0.5) is 0 Å². The molecular weight excluding hydrogens is 268 g/mol. The summed E-state index contributed by atoms with van der Waals surface area (Å²) in [4.78, 5) is 13.1. The quantitative estimate of drug-likeness (QED) is 0.384. The van der Waals surface area contributed by atoms with E-state index in [9.17, 15) is 4.79 Å². The molecule has 0 amide bonds. The molecule has 0 unspecified atom stereocenters. The molecule has 2 aromatic heterocycles. The average Bonchev–Trinajstić information content (AvgIpc) is 3.03. The van der Waals surface area contributed by atoms with E-state index in [4.69, 9.17) is 9.94 Å². The van der Waals surface area contributed by atoms with E-state index >= 15 is 0 Å². The van der Waals surface area contributed by atoms with Crippen molar-refractivity contribution < 1.29 is 14.7 Å². The van der Waals surface area contributed by atoms with Crippen LogP contribution in [0.3, 0.4) is 0 Å². The zero-order valence-electron chi connectivity index (χ0n) is 10.2. The fourth-order valence-electron chi connectivity index (χ4n) is 1.46. The Bertz CT molecular complexity index is 577. The lowest BCUT2D eigenvalue weighted by atomic mass is 10.3. The van der Waals surface area contributed by atoms with E-state index < -0.39 is 5.97 Å². The Kier molecular flexibility index (Phi) is 4.24. The zero-order chi connectivity index (χ0) is 13.7. The molecule has 0 saturated carbocycles. The largest absolute Gasteiger partial charge is 0.461 e. The first-order chi connectivity index (χ1) is 9.24. The van der Waals surface area contributed by atoms with E-state index in [0.717, 1.165) is 4.88 Å². The van der Waals surface area contributed by atoms with Crippen LogP contribution in [0.5, 0.6) is 0 Å². The maximum atomic E-state index is 11.6. The Morgan fingerprint density at radius 3 is 3.05 bits per heavy atom. The summed E-state index contributed by atoms with van der Waals surface area (Å²) in [7, 11) is 0. The standard InChI is InChI=1S/C11H12N4O3S/c1-2-18-11(16)10(13-17)9-4-3-8(19-9)7-15-6-5-12-14-15/h3-6,17H,2,7H2,1H3/b13-10-. The molecule has 1 N–H and O–H groups in total. The molecular formula is C11H12N4O3S. The van der Waals surface area contributed by atoms with Gasteiger partial charge in [-0.25, -0.2) is 9.48 Å². The van der Waals surface area contributed by atoms with Gasteiger partial charge in [0.15, 0.2) is 0 Å². The first-order valence-electron chi connectivity index (χ1n) is 5.57. The van der Waals surface area contributed by atoms with Gasteiger partial charge in [-0.2, -0.15) is 0 Å². The third kappa shape index (κ3) is 3.16. The third-order valence-electron chi connectivity index (χ3n) is 2.25. The number of thiophene rings is 1. The van der Waals surface area contributed by atoms with E-state index in [-0.39, 0.29) is 12.3 Å². The molecule has 0 atom stereocenters. The molecule has 100 valence electrons. The maximum absolute atomic E-state index is 11.6. The molecule has 0 aliphatic heterocycles. The second kappa shape index (κ2) is 6.10. The SMILES string of the molecule is CCOC(=O)/C(=N\O)c1ccc(Cn2ccnn2)s1. The van der Waals surface area contributed by atoms with Gasteiger partial charge in [0, 0.05) is 11.1 Å². The lowest BCUT2D eigenvalue weighted by Gasteiger charge is -2.01. The van der Waals surface area contributed by atoms with E-state index in [0.29, 0.717) is 11.4 Å². The maximum Gasteiger partial charge on any atom is 0.361 e. The fourth-order valence-corrected chi connectivity index (χ4v) is 2.43. The van der Waals surface area contributed by atoms with Crippen LogP contribution in [0.1, 0.15) is 16.7 Å². The number of oxime groups is 1. The van der Waals surface area contributed by atoms with Gasteiger partial charge in [0.2, 0.25) is 5.71 Å². The number of ether oxygens (including phenoxy) is 1. The third-order valence-corrected chi connectivity index (χ3v) is 3.33. The molecule has 2 aromatic rings. The molecule has 8 heteroatoms. The molecule has 0 spiro atoms. The van der Waals surface area contributed by atoms with Crippen molar-refractivity contribution >= 4 is 23.0 Å². The van der Waals surface area contributed by atoms with Gasteiger partial charge < -0.3 is 9.94 Å². The van der Waals surface area contributed by atoms with Crippen LogP contribution < -0.4 is 0 Å². The van der Waals surface area contributed by atoms with Crippen molar-refractivity contribution in [1.82, 2.24) is 15.0 Å². The number of aromatic nitrogens is 3. The highest BCUT2D eigenvalue weighted by Crippen LogP contribution is 2.19. The second-order valence-electron chi connectivity index (χ2n) is 3.54. The van der Waals surface area contributed by atoms with Crippen molar-refractivity contribution in [1.29, 1.82) is 0 Å². The van der Waals surface area contributed by atoms with E-state index in [2.05, 4.69) is 15.5 Å². The molecule has 2 rings (SSSR count). The van der Waals surface area contributed by atoms with E-state index in [1.165, 1.54) is 11.3 Å². The Labute approximate surface area is 113 Å². The van der Waals surface area contributed by atoms with Crippen LogP contribution in [-0.4, -0.2) is 38.5 Å². The van der Waals surface area contributed by atoms with Crippen LogP contribution in [-0.2, 0) is 16.1 Å². The summed E-state index contributed by atoms with van der Waals surface area (Å²) < 4.78 is 6.48. The average molecular weight is 280 g/mol. The zero-order valence-corrected chi connectivity index (χ0v) is 11.0. The summed E-state index contributed by atoms with van der Waals surface area (Å²) in [6.45, 7) is 2.47. The molecule has 7 nitrogen and oxygen atoms in total. The molecule has 0 radical (unpaired) electrons. The van der Waals surface area contributed by atoms with Crippen LogP contribution in [0, 0.1) is 0 Å². The number of rotatable bonds is 5. The first kappa shape index (κ1) is 13.2. The lowest BCUT2D eigenvalue weighted by Crippen LogP contribution is -2.17. The van der Waals surface area contributed by atoms with Crippen molar-refractivity contribution in [3.63, 3.8) is 0 Å². The van der Waals surface area contributed by atoms with Crippen molar-refractivity contribution in [3.05, 3.63) is 34.3 Å². The molecule has 0 aromatic carbocycles. The molecule has 0 bridgehead atoms. The molecule has 0 aliphatic carbocycles. The normalized spacial score (nSPS) is 11.5. The summed E-state index contributed by atoms with van der Waals surface area (Å²) >= 11 is 1.34. The fraction of sp³-hybridized carbons (Fsp3) is 0.273. The van der Waals surface area contributed by atoms with Crippen molar-refractivity contribution in [2.24, 2.45) is 5.16 Å². The van der Waals surface area contributed by atoms with E-state index in [1.54, 1.807) is 30.1 Å². The van der Waals surface area contributed by atoms with Gasteiger partial charge in [-0.3, -0.25) is 0 Å². The van der Waals surface area contributed by atoms with Gasteiger partial charge in [-0.05, 0) is 19.1 Å². The number of hydrogen-bond acceptors (Lipinski definition) is 7. The summed E-state index contributed by atoms with van der Waals surface area (Å²) in [6.07, 6.45) is 3.33. The van der Waals surface area contributed by atoms with Gasteiger partial charge >= 0.3 is 5.97 Å². The molecule has 2 heterocycles. The highest BCUT2D eigenvalue weighted by molar-refractivity contribution is 7.14. The summed E-state index contributed by atoms with van der Waals surface area (Å²) in [5.74, 6) is -0.640. The first-order valence-corrected chi connectivity index (χ1v) is 6.38. The van der Waals surface area contributed by atoms with Gasteiger partial charge in [0.1, 0.15) is 0 Å². The van der Waals surface area contributed by atoms with Gasteiger partial charge in [0.05, 0.1) is 24.2 Å². The minimum atomic E-state index is -0.640. The predicted octanol–water partition coefficient (Wildman–Crippen LogP) is 1.13. The minimum absolute atomic E-state index is 0.0864. The number of carbonyl (C=O) groups excluding carboxylic acids is 1. The van der Waals surface area contributed by atoms with Gasteiger partial charge in [-0.1, -0.05) is 10.4 Å². The summed E-state index contributed by atoms with van der Waals surface area (Å²) in [6, 6.07) is 3.55. The number of nitrogens with zero attached hydrogens (tertiary/aromatic N) is 4. The predicted molar refractivity (Wildman–Crippen MR) is 68.4 cm³/mol. The topological polar surface area (TPSA) is 89.6 Å². The van der Waals surface area contributed by atoms with Crippen LogP contribution in [0.25, 0.3) is 0 Å². The van der Waals surface area contributed by atoms with Crippen molar-refractivity contribution in [2.75, 3.05) is 6.61 Å². The Morgan fingerprint density at radius 1 is 1.58 bits per heavy atom. The monoisotopic (exact) mass is 280 g/mol. The highest BCUT2D eigenvalue weighted by atomic mass is 32.1. The van der Waals surface area contributed by atoms with Gasteiger partial charge in [0.25, 0.3) is 0 Å². The molecule has 19 heavy (non-hydrogen) atoms. The van der Waals surface area contributed by atoms with E-state index in [1.807, 2.05) is 6.07 Å². The smallest absolute Gasteiger partial charge is 0.361 e. The Balaban J connectivity index is 2.13. The second-order valence-corrected chi connectivity index (χ2v) is 4.70. The Morgan fingerprint density at radius 2 is 2.42 bits per heavy atom. The summed E-state index contributed by atoms with van der Waals surface area (Å²) in [5, 5.41) is 19.5. The lowest BCUT2D eigenvalue weighted by molar-refractivity contribution is -0.135. The van der Waals surface area contributed by atoms with Crippen LogP contribution >= 0.6 is 11.3 Å². The number of carbonyl (C=O) groups is 1. The summed E-state index contributed by atoms with van der Waals surface area (Å²) in [5.41, 5.74) is -0.0864. The molecule has 0 saturated heterocycles. The minimum Gasteiger partial charge on any atom is -0.461 e. The number of esters is 1. The molecule has 0 fully saturated rings. The highest BCUT2D eigenvalue weighted by Gasteiger charge is 2.18. The van der Waals surface area contributed by atoms with Crippen molar-refractivity contribution in [3.8, 4) is 0 Å².